The highest BCUT2D eigenvalue weighted by Gasteiger charge is 2.06. The van der Waals surface area contributed by atoms with Gasteiger partial charge in [-0.05, 0) is 18.2 Å². The van der Waals surface area contributed by atoms with Gasteiger partial charge in [0.1, 0.15) is 5.75 Å². The number of carbonyl (C=O) groups is 1. The lowest BCUT2D eigenvalue weighted by atomic mass is 10.2. The van der Waals surface area contributed by atoms with Gasteiger partial charge in [0.2, 0.25) is 0 Å². The van der Waals surface area contributed by atoms with E-state index in [-0.39, 0.29) is 0 Å². The summed E-state index contributed by atoms with van der Waals surface area (Å²) in [7, 11) is 0. The van der Waals surface area contributed by atoms with Gasteiger partial charge in [0, 0.05) is 18.7 Å². The summed E-state index contributed by atoms with van der Waals surface area (Å²) < 4.78 is 18.2. The fraction of sp³-hybridized carbons (Fsp3) is 0.0833. The van der Waals surface area contributed by atoms with Crippen molar-refractivity contribution < 1.29 is 13.9 Å². The van der Waals surface area contributed by atoms with E-state index in [0.29, 0.717) is 17.0 Å². The summed E-state index contributed by atoms with van der Waals surface area (Å²) in [6.07, 6.45) is 3.98. The molecule has 0 spiro atoms. The Balaban J connectivity index is 2.30. The lowest BCUT2D eigenvalue weighted by Gasteiger charge is -2.03. The van der Waals surface area contributed by atoms with Gasteiger partial charge in [-0.25, -0.2) is 4.39 Å². The predicted molar refractivity (Wildman–Crippen MR) is 58.7 cm³/mol. The van der Waals surface area contributed by atoms with Gasteiger partial charge in [0.05, 0.1) is 18.1 Å². The lowest BCUT2D eigenvalue weighted by Crippen LogP contribution is -2.01. The molecule has 86 valence electrons. The highest BCUT2D eigenvalue weighted by Crippen LogP contribution is 2.21. The molecule has 0 amide bonds. The number of hydrogen-bond donors (Lipinski definition) is 0. The Hall–Kier alpha value is -2.30. The van der Waals surface area contributed by atoms with E-state index in [1.165, 1.54) is 25.4 Å². The average molecular weight is 232 g/mol. The quantitative estimate of drug-likeness (QED) is 0.745. The number of nitrogens with zero attached hydrogens (tertiary/aromatic N) is 2. The van der Waals surface area contributed by atoms with Crippen molar-refractivity contribution in [2.24, 2.45) is 0 Å². The molecule has 2 aromatic heterocycles. The second-order valence-electron chi connectivity index (χ2n) is 3.33. The van der Waals surface area contributed by atoms with E-state index in [2.05, 4.69) is 9.97 Å². The molecule has 0 N–H and O–H groups in total. The molecule has 0 aliphatic rings. The number of aromatic nitrogens is 2. The predicted octanol–water partition coefficient (Wildman–Crippen LogP) is 2.21. The van der Waals surface area contributed by atoms with Crippen molar-refractivity contribution in [3.63, 3.8) is 0 Å². The molecule has 4 nitrogen and oxygen atoms in total. The Morgan fingerprint density at radius 1 is 1.29 bits per heavy atom. The fourth-order valence-corrected chi connectivity index (χ4v) is 1.35. The van der Waals surface area contributed by atoms with Crippen molar-refractivity contribution in [2.45, 2.75) is 6.92 Å². The van der Waals surface area contributed by atoms with Gasteiger partial charge in [-0.15, -0.1) is 0 Å². The number of hydrogen-bond acceptors (Lipinski definition) is 4. The summed E-state index contributed by atoms with van der Waals surface area (Å²) >= 11 is 0. The minimum Gasteiger partial charge on any atom is -0.425 e. The molecule has 0 radical (unpaired) electrons. The van der Waals surface area contributed by atoms with Crippen LogP contribution < -0.4 is 4.74 Å². The normalized spacial score (nSPS) is 10.0. The third kappa shape index (κ3) is 2.63. The van der Waals surface area contributed by atoms with Crippen LogP contribution in [-0.2, 0) is 4.79 Å². The first-order valence-electron chi connectivity index (χ1n) is 4.91. The number of ether oxygens (including phenoxy) is 1. The SMILES string of the molecule is CC(=O)Oc1ccc(-c2ccncc2F)nc1. The highest BCUT2D eigenvalue weighted by atomic mass is 19.1. The van der Waals surface area contributed by atoms with Crippen LogP contribution in [0, 0.1) is 5.82 Å². The van der Waals surface area contributed by atoms with Crippen molar-refractivity contribution in [3.8, 4) is 17.0 Å². The van der Waals surface area contributed by atoms with E-state index in [1.54, 1.807) is 12.1 Å². The van der Waals surface area contributed by atoms with Crippen LogP contribution >= 0.6 is 0 Å². The van der Waals surface area contributed by atoms with Gasteiger partial charge >= 0.3 is 5.97 Å². The van der Waals surface area contributed by atoms with Crippen LogP contribution in [0.3, 0.4) is 0 Å². The molecule has 2 heterocycles. The molecular formula is C12H9FN2O2. The van der Waals surface area contributed by atoms with Gasteiger partial charge in [-0.2, -0.15) is 0 Å². The van der Waals surface area contributed by atoms with Crippen LogP contribution in [0.25, 0.3) is 11.3 Å². The zero-order valence-corrected chi connectivity index (χ0v) is 9.05. The average Bonchev–Trinajstić information content (AvgIpc) is 2.30. The summed E-state index contributed by atoms with van der Waals surface area (Å²) in [6, 6.07) is 4.67. The molecule has 0 atom stereocenters. The second kappa shape index (κ2) is 4.69. The van der Waals surface area contributed by atoms with Gasteiger partial charge in [0.15, 0.2) is 5.82 Å². The maximum Gasteiger partial charge on any atom is 0.308 e. The van der Waals surface area contributed by atoms with Gasteiger partial charge in [-0.3, -0.25) is 14.8 Å². The third-order valence-corrected chi connectivity index (χ3v) is 2.05. The molecule has 2 rings (SSSR count). The molecule has 0 fully saturated rings. The van der Waals surface area contributed by atoms with Crippen molar-refractivity contribution >= 4 is 5.97 Å². The number of rotatable bonds is 2. The molecule has 2 aromatic rings. The third-order valence-electron chi connectivity index (χ3n) is 2.05. The minimum atomic E-state index is -0.444. The Bertz CT molecular complexity index is 540. The van der Waals surface area contributed by atoms with Crippen LogP contribution in [-0.4, -0.2) is 15.9 Å². The van der Waals surface area contributed by atoms with Crippen molar-refractivity contribution in [3.05, 3.63) is 42.6 Å². The first-order valence-corrected chi connectivity index (χ1v) is 4.91. The Morgan fingerprint density at radius 3 is 2.71 bits per heavy atom. The monoisotopic (exact) mass is 232 g/mol. The summed E-state index contributed by atoms with van der Waals surface area (Å²) in [6.45, 7) is 1.30. The van der Waals surface area contributed by atoms with Crippen molar-refractivity contribution in [2.75, 3.05) is 0 Å². The van der Waals surface area contributed by atoms with Crippen LogP contribution in [0.5, 0.6) is 5.75 Å². The van der Waals surface area contributed by atoms with E-state index in [1.807, 2.05) is 0 Å². The number of pyridine rings is 2. The number of esters is 1. The summed E-state index contributed by atoms with van der Waals surface area (Å²) in [5.41, 5.74) is 0.815. The smallest absolute Gasteiger partial charge is 0.308 e. The standard InChI is InChI=1S/C12H9FN2O2/c1-8(16)17-9-2-3-12(15-6-9)10-4-5-14-7-11(10)13/h2-7H,1H3. The molecule has 0 aliphatic carbocycles. The summed E-state index contributed by atoms with van der Waals surface area (Å²) in [4.78, 5) is 18.4. The van der Waals surface area contributed by atoms with Crippen molar-refractivity contribution in [1.29, 1.82) is 0 Å². The summed E-state index contributed by atoms with van der Waals surface area (Å²) in [5.74, 6) is -0.536. The summed E-state index contributed by atoms with van der Waals surface area (Å²) in [5, 5.41) is 0. The topological polar surface area (TPSA) is 52.1 Å². The number of carbonyl (C=O) groups excluding carboxylic acids is 1. The minimum absolute atomic E-state index is 0.329. The lowest BCUT2D eigenvalue weighted by molar-refractivity contribution is -0.131. The molecular weight excluding hydrogens is 223 g/mol. The molecule has 0 bridgehead atoms. The molecule has 0 saturated carbocycles. The Labute approximate surface area is 97.1 Å². The Kier molecular flexibility index (Phi) is 3.09. The van der Waals surface area contributed by atoms with Crippen LogP contribution in [0.1, 0.15) is 6.92 Å². The molecule has 17 heavy (non-hydrogen) atoms. The largest absolute Gasteiger partial charge is 0.425 e. The molecule has 0 unspecified atom stereocenters. The maximum absolute atomic E-state index is 13.4. The molecule has 0 aromatic carbocycles. The zero-order valence-electron chi connectivity index (χ0n) is 9.05. The van der Waals surface area contributed by atoms with Gasteiger partial charge in [-0.1, -0.05) is 0 Å². The molecule has 0 aliphatic heterocycles. The second-order valence-corrected chi connectivity index (χ2v) is 3.33. The Morgan fingerprint density at radius 2 is 2.12 bits per heavy atom. The van der Waals surface area contributed by atoms with Crippen LogP contribution in [0.4, 0.5) is 4.39 Å². The maximum atomic E-state index is 13.4. The van der Waals surface area contributed by atoms with Gasteiger partial charge in [0.25, 0.3) is 0 Å². The van der Waals surface area contributed by atoms with Crippen LogP contribution in [0.2, 0.25) is 0 Å². The van der Waals surface area contributed by atoms with E-state index in [0.717, 1.165) is 6.20 Å². The van der Waals surface area contributed by atoms with E-state index in [9.17, 15) is 9.18 Å². The van der Waals surface area contributed by atoms with Crippen LogP contribution in [0.15, 0.2) is 36.8 Å². The zero-order chi connectivity index (χ0) is 12.3. The first kappa shape index (κ1) is 11.2. The van der Waals surface area contributed by atoms with E-state index in [4.69, 9.17) is 4.74 Å². The van der Waals surface area contributed by atoms with Crippen molar-refractivity contribution in [1.82, 2.24) is 9.97 Å². The molecule has 0 saturated heterocycles. The highest BCUT2D eigenvalue weighted by molar-refractivity contribution is 5.69. The fourth-order valence-electron chi connectivity index (χ4n) is 1.35. The number of halogens is 1. The van der Waals surface area contributed by atoms with E-state index >= 15 is 0 Å². The first-order chi connectivity index (χ1) is 8.16. The van der Waals surface area contributed by atoms with E-state index < -0.39 is 11.8 Å². The van der Waals surface area contributed by atoms with Gasteiger partial charge < -0.3 is 4.74 Å². The molecule has 5 heteroatoms.